The zero-order valence-corrected chi connectivity index (χ0v) is 15.6. The summed E-state index contributed by atoms with van der Waals surface area (Å²) in [6, 6.07) is 3.58. The minimum atomic E-state index is -3.47. The van der Waals surface area contributed by atoms with E-state index in [2.05, 4.69) is 32.9 Å². The molecule has 0 bridgehead atoms. The summed E-state index contributed by atoms with van der Waals surface area (Å²) in [5.74, 6) is 0. The van der Waals surface area contributed by atoms with Crippen molar-refractivity contribution in [1.29, 1.82) is 0 Å². The maximum absolute atomic E-state index is 12.4. The normalized spacial score (nSPS) is 11.9. The molecule has 0 saturated heterocycles. The second kappa shape index (κ2) is 7.85. The van der Waals surface area contributed by atoms with E-state index in [4.69, 9.17) is 0 Å². The molecule has 2 heterocycles. The van der Waals surface area contributed by atoms with Crippen molar-refractivity contribution < 1.29 is 8.42 Å². The molecule has 21 heavy (non-hydrogen) atoms. The minimum Gasteiger partial charge on any atom is -0.312 e. The molecule has 0 unspecified atom stereocenters. The molecule has 2 N–H and O–H groups in total. The van der Waals surface area contributed by atoms with Crippen LogP contribution >= 0.6 is 38.6 Å². The lowest BCUT2D eigenvalue weighted by Gasteiger charge is -2.08. The van der Waals surface area contributed by atoms with Crippen LogP contribution in [0.2, 0.25) is 0 Å². The van der Waals surface area contributed by atoms with Crippen LogP contribution in [-0.4, -0.2) is 15.0 Å². The quantitative estimate of drug-likeness (QED) is 0.656. The van der Waals surface area contributed by atoms with Crippen LogP contribution < -0.4 is 10.0 Å². The maximum Gasteiger partial charge on any atom is 0.242 e. The molecule has 2 aromatic rings. The lowest BCUT2D eigenvalue weighted by Crippen LogP contribution is -2.24. The van der Waals surface area contributed by atoms with Gasteiger partial charge in [0.25, 0.3) is 0 Å². The number of sulfonamides is 1. The van der Waals surface area contributed by atoms with E-state index in [1.54, 1.807) is 6.07 Å². The van der Waals surface area contributed by atoms with E-state index in [0.29, 0.717) is 18.0 Å². The predicted octanol–water partition coefficient (Wildman–Crippen LogP) is 3.55. The summed E-state index contributed by atoms with van der Waals surface area (Å²) in [7, 11) is -3.47. The van der Waals surface area contributed by atoms with Gasteiger partial charge in [0, 0.05) is 27.3 Å². The summed E-state index contributed by atoms with van der Waals surface area (Å²) in [6.45, 7) is 3.86. The number of rotatable bonds is 8. The summed E-state index contributed by atoms with van der Waals surface area (Å²) < 4.78 is 28.4. The number of hydrogen-bond donors (Lipinski definition) is 2. The highest BCUT2D eigenvalue weighted by Crippen LogP contribution is 2.25. The lowest BCUT2D eigenvalue weighted by molar-refractivity contribution is 0.579. The molecule has 0 aliphatic rings. The first-order valence-corrected chi connectivity index (χ1v) is 10.6. The Morgan fingerprint density at radius 3 is 2.52 bits per heavy atom. The average molecular weight is 409 g/mol. The number of nitrogens with one attached hydrogen (secondary N) is 2. The Balaban J connectivity index is 2.05. The van der Waals surface area contributed by atoms with E-state index in [1.165, 1.54) is 22.7 Å². The monoisotopic (exact) mass is 408 g/mol. The topological polar surface area (TPSA) is 58.2 Å². The van der Waals surface area contributed by atoms with E-state index in [1.807, 2.05) is 16.8 Å². The van der Waals surface area contributed by atoms with Gasteiger partial charge in [0.15, 0.2) is 0 Å². The Morgan fingerprint density at radius 2 is 1.86 bits per heavy atom. The van der Waals surface area contributed by atoms with Gasteiger partial charge in [0.1, 0.15) is 0 Å². The van der Waals surface area contributed by atoms with Crippen molar-refractivity contribution >= 4 is 48.6 Å². The first-order chi connectivity index (χ1) is 10.0. The van der Waals surface area contributed by atoms with E-state index < -0.39 is 10.0 Å². The molecule has 0 amide bonds. The van der Waals surface area contributed by atoms with Crippen molar-refractivity contribution in [3.05, 3.63) is 37.1 Å². The van der Waals surface area contributed by atoms with Crippen LogP contribution in [0, 0.1) is 0 Å². The molecular formula is C13H17BrN2O2S3. The van der Waals surface area contributed by atoms with Crippen LogP contribution in [0.3, 0.4) is 0 Å². The third-order valence-electron chi connectivity index (χ3n) is 2.82. The second-order valence-corrected chi connectivity index (χ2v) is 8.99. The van der Waals surface area contributed by atoms with E-state index in [9.17, 15) is 8.42 Å². The van der Waals surface area contributed by atoms with Crippen molar-refractivity contribution in [3.63, 3.8) is 0 Å². The van der Waals surface area contributed by atoms with Gasteiger partial charge in [-0.05, 0) is 51.8 Å². The first kappa shape index (κ1) is 17.1. The third-order valence-corrected chi connectivity index (χ3v) is 7.28. The number of hydrogen-bond acceptors (Lipinski definition) is 5. The maximum atomic E-state index is 12.4. The predicted molar refractivity (Wildman–Crippen MR) is 92.4 cm³/mol. The Morgan fingerprint density at radius 1 is 1.14 bits per heavy atom. The third kappa shape index (κ3) is 4.61. The molecule has 2 aromatic heterocycles. The minimum absolute atomic E-state index is 0.304. The van der Waals surface area contributed by atoms with Gasteiger partial charge in [0.05, 0.1) is 4.90 Å². The van der Waals surface area contributed by atoms with E-state index >= 15 is 0 Å². The fourth-order valence-electron chi connectivity index (χ4n) is 1.77. The molecule has 0 aliphatic carbocycles. The zero-order valence-electron chi connectivity index (χ0n) is 11.6. The van der Waals surface area contributed by atoms with Crippen LogP contribution in [0.4, 0.5) is 0 Å². The first-order valence-electron chi connectivity index (χ1n) is 6.53. The summed E-state index contributed by atoms with van der Waals surface area (Å²) in [6.07, 6.45) is 1.03. The van der Waals surface area contributed by atoms with Crippen LogP contribution in [-0.2, 0) is 23.1 Å². The highest BCUT2D eigenvalue weighted by Gasteiger charge is 2.19. The Hall–Kier alpha value is -0.250. The highest BCUT2D eigenvalue weighted by atomic mass is 79.9. The molecule has 0 saturated carbocycles. The van der Waals surface area contributed by atoms with Crippen LogP contribution in [0.1, 0.15) is 23.1 Å². The molecule has 8 heteroatoms. The standard InChI is InChI=1S/C13H17BrN2O2S3/c1-2-5-15-8-12-13(4-7-20-12)21(17,18)16-9-11-10(14)3-6-19-11/h3-4,6-7,15-16H,2,5,8-9H2,1H3. The van der Waals surface area contributed by atoms with Gasteiger partial charge in [-0.25, -0.2) is 13.1 Å². The molecule has 0 radical (unpaired) electrons. The summed E-state index contributed by atoms with van der Waals surface area (Å²) in [5, 5.41) is 6.99. The van der Waals surface area contributed by atoms with Crippen molar-refractivity contribution in [2.24, 2.45) is 0 Å². The summed E-state index contributed by atoms with van der Waals surface area (Å²) >= 11 is 6.40. The van der Waals surface area contributed by atoms with E-state index in [-0.39, 0.29) is 0 Å². The molecule has 116 valence electrons. The molecule has 2 rings (SSSR count). The van der Waals surface area contributed by atoms with Gasteiger partial charge in [-0.15, -0.1) is 22.7 Å². The molecule has 0 aromatic carbocycles. The fourth-order valence-corrected chi connectivity index (χ4v) is 5.70. The molecule has 0 atom stereocenters. The largest absolute Gasteiger partial charge is 0.312 e. The van der Waals surface area contributed by atoms with Crippen molar-refractivity contribution in [2.75, 3.05) is 6.54 Å². The smallest absolute Gasteiger partial charge is 0.242 e. The van der Waals surface area contributed by atoms with Gasteiger partial charge in [-0.2, -0.15) is 0 Å². The van der Waals surface area contributed by atoms with Gasteiger partial charge >= 0.3 is 0 Å². The number of halogens is 1. The SMILES string of the molecule is CCCNCc1sccc1S(=O)(=O)NCc1sccc1Br. The van der Waals surface area contributed by atoms with Gasteiger partial charge in [-0.3, -0.25) is 0 Å². The molecule has 4 nitrogen and oxygen atoms in total. The second-order valence-electron chi connectivity index (χ2n) is 4.40. The van der Waals surface area contributed by atoms with Crippen molar-refractivity contribution in [2.45, 2.75) is 31.3 Å². The Labute approximate surface area is 141 Å². The zero-order chi connectivity index (χ0) is 15.3. The molecule has 0 aliphatic heterocycles. The molecule has 0 spiro atoms. The number of thiophene rings is 2. The lowest BCUT2D eigenvalue weighted by atomic mass is 10.4. The van der Waals surface area contributed by atoms with Crippen molar-refractivity contribution in [1.82, 2.24) is 10.0 Å². The van der Waals surface area contributed by atoms with Gasteiger partial charge in [-0.1, -0.05) is 6.92 Å². The molecular weight excluding hydrogens is 392 g/mol. The average Bonchev–Trinajstić information content (AvgIpc) is 3.06. The Kier molecular flexibility index (Phi) is 6.39. The van der Waals surface area contributed by atoms with Crippen molar-refractivity contribution in [3.8, 4) is 0 Å². The highest BCUT2D eigenvalue weighted by molar-refractivity contribution is 9.10. The van der Waals surface area contributed by atoms with Crippen LogP contribution in [0.25, 0.3) is 0 Å². The van der Waals surface area contributed by atoms with Crippen LogP contribution in [0.15, 0.2) is 32.3 Å². The fraction of sp³-hybridized carbons (Fsp3) is 0.385. The summed E-state index contributed by atoms with van der Waals surface area (Å²) in [4.78, 5) is 2.20. The van der Waals surface area contributed by atoms with E-state index in [0.717, 1.165) is 27.2 Å². The van der Waals surface area contributed by atoms with Crippen LogP contribution in [0.5, 0.6) is 0 Å². The summed E-state index contributed by atoms with van der Waals surface area (Å²) in [5.41, 5.74) is 0. The molecule has 0 fully saturated rings. The Bertz CT molecular complexity index is 679. The van der Waals surface area contributed by atoms with Gasteiger partial charge in [0.2, 0.25) is 10.0 Å². The van der Waals surface area contributed by atoms with Gasteiger partial charge < -0.3 is 5.32 Å².